The first kappa shape index (κ1) is 13.6. The maximum absolute atomic E-state index is 11.9. The van der Waals surface area contributed by atoms with E-state index in [1.165, 1.54) is 0 Å². The highest BCUT2D eigenvalue weighted by atomic mass is 16.4. The van der Waals surface area contributed by atoms with Gasteiger partial charge in [0.05, 0.1) is 5.71 Å². The molecule has 0 aromatic heterocycles. The average molecular weight is 279 g/mol. The lowest BCUT2D eigenvalue weighted by atomic mass is 9.85. The number of carbonyl (C=O) groups is 1. The Labute approximate surface area is 124 Å². The van der Waals surface area contributed by atoms with Crippen LogP contribution >= 0.6 is 0 Å². The van der Waals surface area contributed by atoms with Gasteiger partial charge >= 0.3 is 5.97 Å². The van der Waals surface area contributed by atoms with Crippen LogP contribution in [0.15, 0.2) is 59.6 Å². The molecule has 0 amide bonds. The number of hydrogen-bond donors (Lipinski definition) is 1. The minimum atomic E-state index is -1.14. The molecule has 0 saturated heterocycles. The predicted molar refractivity (Wildman–Crippen MR) is 82.7 cm³/mol. The molecule has 3 nitrogen and oxygen atoms in total. The topological polar surface area (TPSA) is 49.7 Å². The molecule has 3 rings (SSSR count). The molecule has 106 valence electrons. The maximum Gasteiger partial charge on any atom is 0.336 e. The maximum atomic E-state index is 11.9. The van der Waals surface area contributed by atoms with Crippen molar-refractivity contribution in [1.29, 1.82) is 0 Å². The third-order valence-electron chi connectivity index (χ3n) is 3.94. The van der Waals surface area contributed by atoms with Crippen molar-refractivity contribution in [3.8, 4) is 0 Å². The summed E-state index contributed by atoms with van der Waals surface area (Å²) >= 11 is 0. The molecule has 0 aliphatic carbocycles. The van der Waals surface area contributed by atoms with Gasteiger partial charge in [-0.2, -0.15) is 0 Å². The zero-order valence-corrected chi connectivity index (χ0v) is 11.9. The number of benzene rings is 2. The molecule has 0 spiro atoms. The summed E-state index contributed by atoms with van der Waals surface area (Å²) in [6.07, 6.45) is 1.28. The quantitative estimate of drug-likeness (QED) is 0.929. The first-order chi connectivity index (χ1) is 10.2. The monoisotopic (exact) mass is 279 g/mol. The van der Waals surface area contributed by atoms with Crippen LogP contribution in [0, 0.1) is 0 Å². The lowest BCUT2D eigenvalue weighted by Crippen LogP contribution is -2.32. The van der Waals surface area contributed by atoms with Gasteiger partial charge in [-0.05, 0) is 6.42 Å². The Kier molecular flexibility index (Phi) is 3.34. The molecule has 0 bridgehead atoms. The van der Waals surface area contributed by atoms with E-state index in [0.29, 0.717) is 6.42 Å². The van der Waals surface area contributed by atoms with Crippen molar-refractivity contribution in [3.63, 3.8) is 0 Å². The molecule has 1 N–H and O–H groups in total. The Morgan fingerprint density at radius 3 is 2.43 bits per heavy atom. The van der Waals surface area contributed by atoms with E-state index in [1.807, 2.05) is 61.5 Å². The summed E-state index contributed by atoms with van der Waals surface area (Å²) in [5.41, 5.74) is 2.33. The molecule has 1 aliphatic heterocycles. The first-order valence-corrected chi connectivity index (χ1v) is 7.17. The fourth-order valence-electron chi connectivity index (χ4n) is 3.00. The van der Waals surface area contributed by atoms with Crippen molar-refractivity contribution in [2.75, 3.05) is 0 Å². The van der Waals surface area contributed by atoms with E-state index in [9.17, 15) is 9.90 Å². The fourth-order valence-corrected chi connectivity index (χ4v) is 3.00. The molecule has 1 heterocycles. The van der Waals surface area contributed by atoms with Crippen LogP contribution in [-0.4, -0.2) is 16.8 Å². The molecule has 0 radical (unpaired) electrons. The SMILES string of the molecule is CCCC1(C(=O)O)N=C(c2ccccc2)c2ccccc21. The summed E-state index contributed by atoms with van der Waals surface area (Å²) in [6, 6.07) is 17.4. The van der Waals surface area contributed by atoms with Gasteiger partial charge < -0.3 is 5.11 Å². The van der Waals surface area contributed by atoms with Gasteiger partial charge in [-0.3, -0.25) is 4.99 Å². The van der Waals surface area contributed by atoms with Crippen LogP contribution in [0.4, 0.5) is 0 Å². The van der Waals surface area contributed by atoms with Gasteiger partial charge in [0.15, 0.2) is 5.54 Å². The number of aliphatic imine (C=N–C) groups is 1. The average Bonchev–Trinajstić information content (AvgIpc) is 2.85. The van der Waals surface area contributed by atoms with Gasteiger partial charge in [0.25, 0.3) is 0 Å². The zero-order chi connectivity index (χ0) is 14.9. The third kappa shape index (κ3) is 2.05. The molecular formula is C18H17NO2. The van der Waals surface area contributed by atoms with Crippen LogP contribution in [0.2, 0.25) is 0 Å². The van der Waals surface area contributed by atoms with Crippen LogP contribution in [0.25, 0.3) is 0 Å². The number of carboxylic acid groups (broad SMARTS) is 1. The lowest BCUT2D eigenvalue weighted by molar-refractivity contribution is -0.143. The molecule has 2 aromatic carbocycles. The Morgan fingerprint density at radius 1 is 1.10 bits per heavy atom. The Hall–Kier alpha value is -2.42. The van der Waals surface area contributed by atoms with Gasteiger partial charge in [-0.1, -0.05) is 67.9 Å². The standard InChI is InChI=1S/C18H17NO2/c1-2-12-18(17(20)21)15-11-7-6-10-14(15)16(19-18)13-8-4-3-5-9-13/h3-11H,2,12H2,1H3,(H,20,21). The van der Waals surface area contributed by atoms with Gasteiger partial charge in [0.2, 0.25) is 0 Å². The minimum absolute atomic E-state index is 0.510. The molecule has 1 atom stereocenters. The van der Waals surface area contributed by atoms with Gasteiger partial charge in [0, 0.05) is 16.7 Å². The zero-order valence-electron chi connectivity index (χ0n) is 11.9. The second kappa shape index (κ2) is 5.17. The molecule has 0 fully saturated rings. The Morgan fingerprint density at radius 2 is 1.76 bits per heavy atom. The van der Waals surface area contributed by atoms with Crippen molar-refractivity contribution < 1.29 is 9.90 Å². The van der Waals surface area contributed by atoms with Crippen molar-refractivity contribution in [3.05, 3.63) is 71.3 Å². The van der Waals surface area contributed by atoms with Gasteiger partial charge in [-0.15, -0.1) is 0 Å². The lowest BCUT2D eigenvalue weighted by Gasteiger charge is -2.22. The van der Waals surface area contributed by atoms with E-state index >= 15 is 0 Å². The predicted octanol–water partition coefficient (Wildman–Crippen LogP) is 3.62. The second-order valence-electron chi connectivity index (χ2n) is 5.29. The number of rotatable bonds is 4. The van der Waals surface area contributed by atoms with Gasteiger partial charge in [0.1, 0.15) is 0 Å². The van der Waals surface area contributed by atoms with Crippen molar-refractivity contribution in [2.45, 2.75) is 25.3 Å². The molecule has 0 saturated carbocycles. The normalized spacial score (nSPS) is 20.0. The summed E-state index contributed by atoms with van der Waals surface area (Å²) < 4.78 is 0. The summed E-state index contributed by atoms with van der Waals surface area (Å²) in [4.78, 5) is 16.6. The molecule has 1 aliphatic rings. The van der Waals surface area contributed by atoms with E-state index in [2.05, 4.69) is 4.99 Å². The minimum Gasteiger partial charge on any atom is -0.479 e. The van der Waals surface area contributed by atoms with Crippen LogP contribution in [0.1, 0.15) is 36.5 Å². The molecular weight excluding hydrogens is 262 g/mol. The van der Waals surface area contributed by atoms with Crippen LogP contribution in [-0.2, 0) is 10.3 Å². The van der Waals surface area contributed by atoms with E-state index in [-0.39, 0.29) is 0 Å². The van der Waals surface area contributed by atoms with E-state index in [4.69, 9.17) is 0 Å². The third-order valence-corrected chi connectivity index (χ3v) is 3.94. The summed E-state index contributed by atoms with van der Waals surface area (Å²) in [6.45, 7) is 1.99. The highest BCUT2D eigenvalue weighted by Gasteiger charge is 2.45. The largest absolute Gasteiger partial charge is 0.479 e. The van der Waals surface area contributed by atoms with E-state index in [0.717, 1.165) is 28.8 Å². The summed E-state index contributed by atoms with van der Waals surface area (Å²) in [5.74, 6) is -0.872. The van der Waals surface area contributed by atoms with Gasteiger partial charge in [-0.25, -0.2) is 4.79 Å². The van der Waals surface area contributed by atoms with E-state index < -0.39 is 11.5 Å². The molecule has 1 unspecified atom stereocenters. The Bertz CT molecular complexity index is 706. The summed E-state index contributed by atoms with van der Waals surface area (Å²) in [7, 11) is 0. The van der Waals surface area contributed by atoms with Crippen molar-refractivity contribution in [2.24, 2.45) is 4.99 Å². The number of nitrogens with zero attached hydrogens (tertiary/aromatic N) is 1. The van der Waals surface area contributed by atoms with Crippen LogP contribution in [0.3, 0.4) is 0 Å². The number of aliphatic carboxylic acids is 1. The highest BCUT2D eigenvalue weighted by molar-refractivity contribution is 6.17. The summed E-state index contributed by atoms with van der Waals surface area (Å²) in [5, 5.41) is 9.80. The smallest absolute Gasteiger partial charge is 0.336 e. The second-order valence-corrected chi connectivity index (χ2v) is 5.29. The Balaban J connectivity index is 2.24. The van der Waals surface area contributed by atoms with Crippen molar-refractivity contribution in [1.82, 2.24) is 0 Å². The fraction of sp³-hybridized carbons (Fsp3) is 0.222. The van der Waals surface area contributed by atoms with E-state index in [1.54, 1.807) is 0 Å². The number of fused-ring (bicyclic) bond motifs is 1. The first-order valence-electron chi connectivity index (χ1n) is 7.17. The molecule has 2 aromatic rings. The van der Waals surface area contributed by atoms with Crippen LogP contribution in [0.5, 0.6) is 0 Å². The number of hydrogen-bond acceptors (Lipinski definition) is 2. The molecule has 21 heavy (non-hydrogen) atoms. The molecule has 3 heteroatoms. The van der Waals surface area contributed by atoms with Crippen molar-refractivity contribution >= 4 is 11.7 Å². The number of carboxylic acids is 1. The van der Waals surface area contributed by atoms with Crippen LogP contribution < -0.4 is 0 Å². The highest BCUT2D eigenvalue weighted by Crippen LogP contribution is 2.40.